The molecule has 12 heteroatoms. The molecular formula is C31H34BrN5O6. The molecule has 1 saturated heterocycles. The van der Waals surface area contributed by atoms with Gasteiger partial charge < -0.3 is 45.6 Å². The molecule has 4 aromatic rings. The van der Waals surface area contributed by atoms with Crippen molar-refractivity contribution in [2.75, 3.05) is 39.1 Å². The van der Waals surface area contributed by atoms with Gasteiger partial charge in [-0.2, -0.15) is 4.57 Å². The minimum atomic E-state index is -0.285. The minimum absolute atomic E-state index is 0. The molecule has 0 amide bonds. The van der Waals surface area contributed by atoms with Crippen molar-refractivity contribution in [3.05, 3.63) is 48.3 Å². The largest absolute Gasteiger partial charge is 1.00 e. The van der Waals surface area contributed by atoms with Gasteiger partial charge in [0.15, 0.2) is 41.6 Å². The van der Waals surface area contributed by atoms with E-state index in [1.807, 2.05) is 21.8 Å². The van der Waals surface area contributed by atoms with E-state index < -0.39 is 0 Å². The molecule has 2 aromatic carbocycles. The Balaban J connectivity index is 0.00000329. The average molecular weight is 653 g/mol. The van der Waals surface area contributed by atoms with E-state index in [2.05, 4.69) is 45.3 Å². The number of carbonyl (C=O) groups is 1. The highest BCUT2D eigenvalue weighted by molar-refractivity contribution is 5.91. The van der Waals surface area contributed by atoms with E-state index in [-0.39, 0.29) is 35.8 Å². The molecule has 226 valence electrons. The van der Waals surface area contributed by atoms with Crippen LogP contribution in [-0.2, 0) is 29.0 Å². The van der Waals surface area contributed by atoms with E-state index in [1.165, 1.54) is 18.2 Å². The Hall–Kier alpha value is -4.06. The molecule has 0 aliphatic carbocycles. The maximum Gasteiger partial charge on any atom is 0.328 e. The number of aromatic nitrogens is 4. The van der Waals surface area contributed by atoms with Gasteiger partial charge in [-0.1, -0.05) is 5.21 Å². The second kappa shape index (κ2) is 12.3. The molecule has 3 aliphatic rings. The highest BCUT2D eigenvalue weighted by Crippen LogP contribution is 2.41. The van der Waals surface area contributed by atoms with Crippen molar-refractivity contribution in [3.8, 4) is 34.3 Å². The van der Waals surface area contributed by atoms with E-state index in [9.17, 15) is 4.79 Å². The van der Waals surface area contributed by atoms with Gasteiger partial charge in [-0.15, -0.1) is 5.10 Å². The predicted molar refractivity (Wildman–Crippen MR) is 153 cm³/mol. The second-order valence-corrected chi connectivity index (χ2v) is 10.8. The van der Waals surface area contributed by atoms with Gasteiger partial charge in [0.1, 0.15) is 6.04 Å². The lowest BCUT2D eigenvalue weighted by Crippen LogP contribution is -3.00. The fourth-order valence-corrected chi connectivity index (χ4v) is 6.21. The number of carbonyl (C=O) groups excluding carboxylic acids is 1. The number of fused-ring (bicyclic) bond motifs is 5. The molecule has 5 heterocycles. The van der Waals surface area contributed by atoms with Crippen molar-refractivity contribution < 1.29 is 50.0 Å². The lowest BCUT2D eigenvalue weighted by atomic mass is 9.95. The molecule has 1 fully saturated rings. The van der Waals surface area contributed by atoms with Gasteiger partial charge in [-0.05, 0) is 60.9 Å². The van der Waals surface area contributed by atoms with Crippen LogP contribution in [0.4, 0.5) is 5.82 Å². The maximum absolute atomic E-state index is 12.1. The summed E-state index contributed by atoms with van der Waals surface area (Å²) in [6.07, 6.45) is 8.40. The SMILES string of the molecule is COC(=O)C1CCCN1c1cn(CCCCOc2c(OC)ccc3cc4[n+](cc23)CCc2cc3c(cc2-4)OCO3)nn1.[Br-]. The maximum atomic E-state index is 12.1. The van der Waals surface area contributed by atoms with Crippen molar-refractivity contribution in [1.29, 1.82) is 0 Å². The Morgan fingerprint density at radius 2 is 2.00 bits per heavy atom. The van der Waals surface area contributed by atoms with Crippen LogP contribution >= 0.6 is 0 Å². The molecular weight excluding hydrogens is 618 g/mol. The average Bonchev–Trinajstić information content (AvgIpc) is 3.79. The number of ether oxygens (including phenoxy) is 5. The number of nitrogens with zero attached hydrogens (tertiary/aromatic N) is 5. The van der Waals surface area contributed by atoms with Crippen LogP contribution in [0, 0.1) is 0 Å². The zero-order valence-corrected chi connectivity index (χ0v) is 25.8. The Labute approximate surface area is 260 Å². The monoisotopic (exact) mass is 651 g/mol. The first-order chi connectivity index (χ1) is 20.6. The van der Waals surface area contributed by atoms with Gasteiger partial charge in [-0.25, -0.2) is 4.79 Å². The number of rotatable bonds is 9. The number of hydrogen-bond acceptors (Lipinski definition) is 9. The number of pyridine rings is 1. The topological polar surface area (TPSA) is 101 Å². The molecule has 11 nitrogen and oxygen atoms in total. The van der Waals surface area contributed by atoms with Gasteiger partial charge >= 0.3 is 5.97 Å². The summed E-state index contributed by atoms with van der Waals surface area (Å²) < 4.78 is 32.4. The summed E-state index contributed by atoms with van der Waals surface area (Å²) in [7, 11) is 3.10. The molecule has 43 heavy (non-hydrogen) atoms. The van der Waals surface area contributed by atoms with Crippen molar-refractivity contribution in [3.63, 3.8) is 0 Å². The predicted octanol–water partition coefficient (Wildman–Crippen LogP) is 0.684. The first-order valence-electron chi connectivity index (χ1n) is 14.5. The van der Waals surface area contributed by atoms with E-state index >= 15 is 0 Å². The third-order valence-corrected chi connectivity index (χ3v) is 8.37. The fraction of sp³-hybridized carbons (Fsp3) is 0.419. The van der Waals surface area contributed by atoms with Crippen molar-refractivity contribution in [2.24, 2.45) is 0 Å². The van der Waals surface area contributed by atoms with E-state index in [4.69, 9.17) is 23.7 Å². The smallest absolute Gasteiger partial charge is 0.328 e. The minimum Gasteiger partial charge on any atom is -1.00 e. The number of hydrogen-bond donors (Lipinski definition) is 0. The molecule has 0 N–H and O–H groups in total. The molecule has 1 unspecified atom stereocenters. The highest BCUT2D eigenvalue weighted by atomic mass is 79.9. The number of methoxy groups -OCH3 is 2. The van der Waals surface area contributed by atoms with Crippen molar-refractivity contribution in [1.82, 2.24) is 15.0 Å². The first kappa shape index (κ1) is 29.0. The number of benzene rings is 2. The number of aryl methyl sites for hydroxylation is 3. The number of halogens is 1. The molecule has 0 spiro atoms. The van der Waals surface area contributed by atoms with E-state index in [1.54, 1.807) is 7.11 Å². The number of esters is 1. The number of unbranched alkanes of at least 4 members (excludes halogenated alkanes) is 1. The third-order valence-electron chi connectivity index (χ3n) is 8.37. The van der Waals surface area contributed by atoms with Crippen molar-refractivity contribution in [2.45, 2.75) is 51.2 Å². The fourth-order valence-electron chi connectivity index (χ4n) is 6.21. The Bertz CT molecular complexity index is 1660. The molecule has 1 atom stereocenters. The molecule has 0 saturated carbocycles. The zero-order chi connectivity index (χ0) is 28.6. The van der Waals surface area contributed by atoms with Crippen LogP contribution in [0.2, 0.25) is 0 Å². The van der Waals surface area contributed by atoms with Crippen LogP contribution in [0.3, 0.4) is 0 Å². The molecule has 2 aromatic heterocycles. The lowest BCUT2D eigenvalue weighted by Gasteiger charge is -2.21. The standard InChI is InChI=1S/C31H34N5O6.BrH/c1-38-26-8-7-20-14-25-22-16-28-27(41-19-42-28)15-21(22)9-12-34(25)17-23(20)30(26)40-13-4-3-10-35-18-29(32-33-35)36-11-5-6-24(36)31(37)39-2;/h7-8,14-18,24H,3-6,9-13,19H2,1-2H3;1H/q+1;/p-1. The Kier molecular flexibility index (Phi) is 8.29. The highest BCUT2D eigenvalue weighted by Gasteiger charge is 2.33. The summed E-state index contributed by atoms with van der Waals surface area (Å²) in [5.74, 6) is 3.59. The summed E-state index contributed by atoms with van der Waals surface area (Å²) in [4.78, 5) is 14.1. The Morgan fingerprint density at radius 3 is 2.84 bits per heavy atom. The number of anilines is 1. The quantitative estimate of drug-likeness (QED) is 0.147. The lowest BCUT2D eigenvalue weighted by molar-refractivity contribution is -0.686. The van der Waals surface area contributed by atoms with Gasteiger partial charge in [0, 0.05) is 25.6 Å². The van der Waals surface area contributed by atoms with Crippen LogP contribution in [0.1, 0.15) is 31.2 Å². The van der Waals surface area contributed by atoms with Gasteiger partial charge in [0.2, 0.25) is 12.5 Å². The van der Waals surface area contributed by atoms with E-state index in [0.29, 0.717) is 24.7 Å². The van der Waals surface area contributed by atoms with Gasteiger partial charge in [-0.3, -0.25) is 4.68 Å². The summed E-state index contributed by atoms with van der Waals surface area (Å²) in [5.41, 5.74) is 3.59. The van der Waals surface area contributed by atoms with Crippen LogP contribution in [0.5, 0.6) is 23.0 Å². The van der Waals surface area contributed by atoms with Crippen molar-refractivity contribution >= 4 is 22.6 Å². The van der Waals surface area contributed by atoms with Crippen LogP contribution in [0.25, 0.3) is 22.0 Å². The van der Waals surface area contributed by atoms with Crippen LogP contribution in [0.15, 0.2) is 42.7 Å². The molecule has 3 aliphatic heterocycles. The first-order valence-corrected chi connectivity index (χ1v) is 14.5. The molecule has 7 rings (SSSR count). The van der Waals surface area contributed by atoms with Crippen LogP contribution in [-0.4, -0.2) is 61.2 Å². The normalized spacial score (nSPS) is 16.4. The summed E-state index contributed by atoms with van der Waals surface area (Å²) in [5, 5.41) is 10.7. The summed E-state index contributed by atoms with van der Waals surface area (Å²) in [6.45, 7) is 3.17. The van der Waals surface area contributed by atoms with Gasteiger partial charge in [0.25, 0.3) is 0 Å². The summed E-state index contributed by atoms with van der Waals surface area (Å²) in [6, 6.07) is 10.2. The Morgan fingerprint density at radius 1 is 1.14 bits per heavy atom. The third kappa shape index (κ3) is 5.44. The molecule has 0 radical (unpaired) electrons. The van der Waals surface area contributed by atoms with E-state index in [0.717, 1.165) is 78.9 Å². The van der Waals surface area contributed by atoms with Gasteiger partial charge in [0.05, 0.1) is 38.0 Å². The molecule has 0 bridgehead atoms. The second-order valence-electron chi connectivity index (χ2n) is 10.8. The van der Waals surface area contributed by atoms with Crippen LogP contribution < -0.4 is 45.4 Å². The summed E-state index contributed by atoms with van der Waals surface area (Å²) >= 11 is 0. The zero-order valence-electron chi connectivity index (χ0n) is 24.3.